The third-order valence-electron chi connectivity index (χ3n) is 2.66. The van der Waals surface area contributed by atoms with Gasteiger partial charge < -0.3 is 4.74 Å². The Morgan fingerprint density at radius 1 is 1.09 bits per heavy atom. The van der Waals surface area contributed by atoms with Gasteiger partial charge in [0.25, 0.3) is 0 Å². The van der Waals surface area contributed by atoms with Crippen molar-refractivity contribution in [1.29, 1.82) is 0 Å². The molecule has 1 aromatic heterocycles. The summed E-state index contributed by atoms with van der Waals surface area (Å²) in [5, 5.41) is 7.99. The molecule has 0 atom stereocenters. The Labute approximate surface area is 144 Å². The molecule has 9 heteroatoms. The predicted octanol–water partition coefficient (Wildman–Crippen LogP) is 5.40. The predicted molar refractivity (Wildman–Crippen MR) is 88.2 cm³/mol. The minimum atomic E-state index is -2.25. The Morgan fingerprint density at radius 3 is 2.35 bits per heavy atom. The summed E-state index contributed by atoms with van der Waals surface area (Å²) in [6.07, 6.45) is -2.56. The summed E-state index contributed by atoms with van der Waals surface area (Å²) in [4.78, 5) is 0. The van der Waals surface area contributed by atoms with Gasteiger partial charge in [-0.15, -0.1) is 10.2 Å². The average molecular weight is 378 g/mol. The van der Waals surface area contributed by atoms with Crippen LogP contribution >= 0.6 is 34.9 Å². The van der Waals surface area contributed by atoms with Crippen LogP contribution in [0, 0.1) is 0 Å². The number of aromatic nitrogens is 2. The molecule has 0 aliphatic carbocycles. The molecule has 2 rings (SSSR count). The Balaban J connectivity index is 1.79. The van der Waals surface area contributed by atoms with Crippen LogP contribution in [0.2, 0.25) is 0 Å². The standard InChI is InChI=1S/C14H13F3N2OS3/c1-20-10-4-2-9(3-5-10)8-22-14-19-18-13(23-14)21-7-6-11(15)12(16)17/h2-5H,6-8H2,1H3. The molecule has 0 aliphatic heterocycles. The molecule has 1 aromatic carbocycles. The number of hydrogen-bond acceptors (Lipinski definition) is 6. The van der Waals surface area contributed by atoms with Crippen molar-refractivity contribution < 1.29 is 17.9 Å². The van der Waals surface area contributed by atoms with Crippen molar-refractivity contribution >= 4 is 34.9 Å². The molecule has 0 bridgehead atoms. The number of allylic oxidation sites excluding steroid dienone is 1. The number of thioether (sulfide) groups is 2. The zero-order valence-corrected chi connectivity index (χ0v) is 14.5. The summed E-state index contributed by atoms with van der Waals surface area (Å²) < 4.78 is 43.1. The van der Waals surface area contributed by atoms with E-state index >= 15 is 0 Å². The number of nitrogens with zero attached hydrogens (tertiary/aromatic N) is 2. The van der Waals surface area contributed by atoms with E-state index in [0.717, 1.165) is 21.4 Å². The largest absolute Gasteiger partial charge is 0.497 e. The van der Waals surface area contributed by atoms with Crippen LogP contribution in [0.1, 0.15) is 12.0 Å². The molecule has 0 spiro atoms. The van der Waals surface area contributed by atoms with Crippen molar-refractivity contribution in [3.8, 4) is 5.75 Å². The topological polar surface area (TPSA) is 35.0 Å². The summed E-state index contributed by atoms with van der Waals surface area (Å²) in [5.41, 5.74) is 1.13. The second-order valence-electron chi connectivity index (χ2n) is 4.23. The van der Waals surface area contributed by atoms with Crippen LogP contribution in [0.4, 0.5) is 13.2 Å². The number of hydrogen-bond donors (Lipinski definition) is 0. The SMILES string of the molecule is COc1ccc(CSc2nnc(SCCC(F)=C(F)F)s2)cc1. The molecular formula is C14H13F3N2OS3. The fourth-order valence-corrected chi connectivity index (χ4v) is 4.48. The molecule has 2 aromatic rings. The Morgan fingerprint density at radius 2 is 1.74 bits per heavy atom. The number of halogens is 3. The summed E-state index contributed by atoms with van der Waals surface area (Å²) in [6, 6.07) is 7.74. The highest BCUT2D eigenvalue weighted by Gasteiger charge is 2.09. The first-order valence-electron chi connectivity index (χ1n) is 6.50. The van der Waals surface area contributed by atoms with Crippen LogP contribution in [-0.4, -0.2) is 23.1 Å². The summed E-state index contributed by atoms with van der Waals surface area (Å²) in [5.74, 6) is 0.393. The van der Waals surface area contributed by atoms with Gasteiger partial charge in [0.05, 0.1) is 7.11 Å². The van der Waals surface area contributed by atoms with Crippen molar-refractivity contribution in [2.45, 2.75) is 20.9 Å². The Kier molecular flexibility index (Phi) is 7.25. The zero-order valence-electron chi connectivity index (χ0n) is 12.1. The zero-order chi connectivity index (χ0) is 16.7. The molecule has 0 fully saturated rings. The quantitative estimate of drug-likeness (QED) is 0.575. The summed E-state index contributed by atoms with van der Waals surface area (Å²) in [6.45, 7) is 0. The van der Waals surface area contributed by atoms with Gasteiger partial charge in [0, 0.05) is 17.9 Å². The molecule has 124 valence electrons. The number of benzene rings is 1. The summed E-state index contributed by atoms with van der Waals surface area (Å²) in [7, 11) is 1.62. The molecule has 0 unspecified atom stereocenters. The second kappa shape index (κ2) is 9.19. The van der Waals surface area contributed by atoms with E-state index < -0.39 is 11.9 Å². The number of rotatable bonds is 8. The van der Waals surface area contributed by atoms with Crippen molar-refractivity contribution in [2.24, 2.45) is 0 Å². The first-order valence-corrected chi connectivity index (χ1v) is 9.29. The van der Waals surface area contributed by atoms with Crippen molar-refractivity contribution in [3.05, 3.63) is 41.7 Å². The van der Waals surface area contributed by atoms with E-state index in [9.17, 15) is 13.2 Å². The van der Waals surface area contributed by atoms with Gasteiger partial charge in [0.15, 0.2) is 14.5 Å². The third kappa shape index (κ3) is 6.08. The first kappa shape index (κ1) is 18.2. The molecule has 0 N–H and O–H groups in total. The lowest BCUT2D eigenvalue weighted by molar-refractivity contribution is 0.373. The lowest BCUT2D eigenvalue weighted by Gasteiger charge is -2.01. The maximum Gasteiger partial charge on any atom is 0.301 e. The van der Waals surface area contributed by atoms with Gasteiger partial charge in [-0.1, -0.05) is 47.0 Å². The molecule has 1 heterocycles. The van der Waals surface area contributed by atoms with Crippen molar-refractivity contribution in [3.63, 3.8) is 0 Å². The van der Waals surface area contributed by atoms with Gasteiger partial charge in [-0.2, -0.15) is 8.78 Å². The normalized spacial score (nSPS) is 10.6. The van der Waals surface area contributed by atoms with Gasteiger partial charge in [-0.3, -0.25) is 0 Å². The van der Waals surface area contributed by atoms with E-state index in [4.69, 9.17) is 4.74 Å². The van der Waals surface area contributed by atoms with Gasteiger partial charge in [-0.25, -0.2) is 4.39 Å². The molecule has 0 saturated carbocycles. The van der Waals surface area contributed by atoms with Gasteiger partial charge in [0.2, 0.25) is 0 Å². The fourth-order valence-electron chi connectivity index (χ4n) is 1.50. The summed E-state index contributed by atoms with van der Waals surface area (Å²) >= 11 is 4.13. The van der Waals surface area contributed by atoms with Crippen LogP contribution in [0.3, 0.4) is 0 Å². The second-order valence-corrected chi connectivity index (χ2v) is 7.78. The molecule has 0 amide bonds. The smallest absolute Gasteiger partial charge is 0.301 e. The van der Waals surface area contributed by atoms with Gasteiger partial charge in [0.1, 0.15) is 5.75 Å². The molecule has 0 aliphatic rings. The van der Waals surface area contributed by atoms with Gasteiger partial charge in [-0.05, 0) is 17.7 Å². The van der Waals surface area contributed by atoms with Crippen LogP contribution < -0.4 is 4.74 Å². The fraction of sp³-hybridized carbons (Fsp3) is 0.286. The maximum absolute atomic E-state index is 12.7. The molecule has 0 saturated heterocycles. The highest BCUT2D eigenvalue weighted by molar-refractivity contribution is 8.02. The van der Waals surface area contributed by atoms with E-state index in [1.807, 2.05) is 24.3 Å². The first-order chi connectivity index (χ1) is 11.1. The average Bonchev–Trinajstić information content (AvgIpc) is 3.01. The van der Waals surface area contributed by atoms with Crippen LogP contribution in [-0.2, 0) is 5.75 Å². The lowest BCUT2D eigenvalue weighted by Crippen LogP contribution is -1.84. The lowest BCUT2D eigenvalue weighted by atomic mass is 10.2. The van der Waals surface area contributed by atoms with E-state index in [-0.39, 0.29) is 12.2 Å². The molecule has 0 radical (unpaired) electrons. The molecular weight excluding hydrogens is 365 g/mol. The number of ether oxygens (including phenoxy) is 1. The van der Waals surface area contributed by atoms with Crippen LogP contribution in [0.25, 0.3) is 0 Å². The van der Waals surface area contributed by atoms with Gasteiger partial charge >= 0.3 is 6.08 Å². The minimum Gasteiger partial charge on any atom is -0.497 e. The van der Waals surface area contributed by atoms with E-state index in [1.54, 1.807) is 7.11 Å². The molecule has 3 nitrogen and oxygen atoms in total. The van der Waals surface area contributed by atoms with E-state index in [0.29, 0.717) is 4.34 Å². The third-order valence-corrected chi connectivity index (χ3v) is 5.92. The molecule has 23 heavy (non-hydrogen) atoms. The van der Waals surface area contributed by atoms with E-state index in [2.05, 4.69) is 10.2 Å². The maximum atomic E-state index is 12.7. The van der Waals surface area contributed by atoms with Crippen molar-refractivity contribution in [1.82, 2.24) is 10.2 Å². The highest BCUT2D eigenvalue weighted by atomic mass is 32.2. The Hall–Kier alpha value is -1.19. The monoisotopic (exact) mass is 378 g/mol. The van der Waals surface area contributed by atoms with Crippen LogP contribution in [0.5, 0.6) is 5.75 Å². The van der Waals surface area contributed by atoms with Crippen molar-refractivity contribution in [2.75, 3.05) is 12.9 Å². The Bertz CT molecular complexity index is 658. The highest BCUT2D eigenvalue weighted by Crippen LogP contribution is 2.32. The number of methoxy groups -OCH3 is 1. The minimum absolute atomic E-state index is 0.209. The van der Waals surface area contributed by atoms with E-state index in [1.165, 1.54) is 34.9 Å². The van der Waals surface area contributed by atoms with Crippen LogP contribution in [0.15, 0.2) is 44.9 Å².